The lowest BCUT2D eigenvalue weighted by molar-refractivity contribution is -0.151. The number of hydrogen-bond donors (Lipinski definition) is 0. The van der Waals surface area contributed by atoms with Crippen LogP contribution in [0.15, 0.2) is 0 Å². The van der Waals surface area contributed by atoms with E-state index in [-0.39, 0.29) is 16.8 Å². The Bertz CT molecular complexity index is 241. The van der Waals surface area contributed by atoms with Crippen LogP contribution in [0.25, 0.3) is 0 Å². The molecule has 0 aromatic rings. The summed E-state index contributed by atoms with van der Waals surface area (Å²) in [5.41, 5.74) is -0.647. The second-order valence-electron chi connectivity index (χ2n) is 4.45. The van der Waals surface area contributed by atoms with Gasteiger partial charge < -0.3 is 4.74 Å². The van der Waals surface area contributed by atoms with E-state index >= 15 is 0 Å². The van der Waals surface area contributed by atoms with Gasteiger partial charge in [0.2, 0.25) is 0 Å². The monoisotopic (exact) mass is 188 g/mol. The van der Waals surface area contributed by atoms with E-state index in [0.29, 0.717) is 0 Å². The normalized spacial score (nSPS) is 52.2. The zero-order valence-corrected chi connectivity index (χ0v) is 8.15. The van der Waals surface area contributed by atoms with Crippen molar-refractivity contribution < 1.29 is 9.53 Å². The Morgan fingerprint density at radius 2 is 2.25 bits per heavy atom. The van der Waals surface area contributed by atoms with E-state index in [2.05, 4.69) is 0 Å². The Morgan fingerprint density at radius 3 is 2.83 bits per heavy atom. The maximum absolute atomic E-state index is 11.4. The highest BCUT2D eigenvalue weighted by molar-refractivity contribution is 6.21. The van der Waals surface area contributed by atoms with Crippen LogP contribution in [-0.2, 0) is 9.53 Å². The van der Waals surface area contributed by atoms with Gasteiger partial charge in [0.25, 0.3) is 0 Å². The molecule has 2 bridgehead atoms. The summed E-state index contributed by atoms with van der Waals surface area (Å²) in [6.45, 7) is 3.91. The number of hydrogen-bond acceptors (Lipinski definition) is 2. The van der Waals surface area contributed by atoms with E-state index in [1.807, 2.05) is 13.8 Å². The van der Waals surface area contributed by atoms with Gasteiger partial charge in [0.05, 0.1) is 10.8 Å². The van der Waals surface area contributed by atoms with E-state index < -0.39 is 5.60 Å². The van der Waals surface area contributed by atoms with Gasteiger partial charge in [0.15, 0.2) is 0 Å². The molecule has 0 aromatic heterocycles. The van der Waals surface area contributed by atoms with E-state index in [4.69, 9.17) is 16.3 Å². The lowest BCUT2D eigenvalue weighted by Crippen LogP contribution is -2.39. The fourth-order valence-corrected chi connectivity index (χ4v) is 2.56. The average Bonchev–Trinajstić information content (AvgIpc) is 2.15. The van der Waals surface area contributed by atoms with Crippen molar-refractivity contribution in [2.45, 2.75) is 44.1 Å². The third-order valence-corrected chi connectivity index (χ3v) is 3.85. The summed E-state index contributed by atoms with van der Waals surface area (Å²) in [6, 6.07) is 0. The number of esters is 1. The molecule has 1 saturated heterocycles. The Hall–Kier alpha value is -0.240. The molecular formula is C9H13ClO2. The summed E-state index contributed by atoms with van der Waals surface area (Å²) >= 11 is 6.10. The standard InChI is InChI=1S/C9H13ClO2/c1-8-4-3-6(10)9(2,5-8)12-7(8)11/h6H,3-5H2,1-2H3/t6-,8-,9-/m0/s1. The topological polar surface area (TPSA) is 26.3 Å². The van der Waals surface area contributed by atoms with E-state index in [9.17, 15) is 4.79 Å². The molecule has 2 fully saturated rings. The zero-order valence-electron chi connectivity index (χ0n) is 7.39. The highest BCUT2D eigenvalue weighted by Crippen LogP contribution is 2.51. The van der Waals surface area contributed by atoms with Crippen LogP contribution in [0.5, 0.6) is 0 Å². The summed E-state index contributed by atoms with van der Waals surface area (Å²) in [7, 11) is 0. The minimum Gasteiger partial charge on any atom is -0.457 e. The first-order valence-corrected chi connectivity index (χ1v) is 4.77. The number of carbonyl (C=O) groups is 1. The molecule has 68 valence electrons. The molecule has 1 heterocycles. The summed E-state index contributed by atoms with van der Waals surface area (Å²) in [5, 5.41) is -0.00275. The van der Waals surface area contributed by atoms with Gasteiger partial charge >= 0.3 is 5.97 Å². The van der Waals surface area contributed by atoms with E-state index in [0.717, 1.165) is 19.3 Å². The van der Waals surface area contributed by atoms with Crippen LogP contribution in [0.1, 0.15) is 33.1 Å². The van der Waals surface area contributed by atoms with Gasteiger partial charge in [0, 0.05) is 6.42 Å². The highest BCUT2D eigenvalue weighted by atomic mass is 35.5. The molecule has 3 heteroatoms. The van der Waals surface area contributed by atoms with Crippen molar-refractivity contribution in [3.8, 4) is 0 Å². The average molecular weight is 189 g/mol. The minimum atomic E-state index is -0.397. The molecule has 0 aromatic carbocycles. The van der Waals surface area contributed by atoms with E-state index in [1.54, 1.807) is 0 Å². The smallest absolute Gasteiger partial charge is 0.312 e. The third kappa shape index (κ3) is 0.905. The number of carbonyl (C=O) groups excluding carboxylic acids is 1. The van der Waals surface area contributed by atoms with Gasteiger partial charge in [-0.05, 0) is 26.7 Å². The largest absolute Gasteiger partial charge is 0.457 e. The first-order chi connectivity index (χ1) is 5.46. The van der Waals surface area contributed by atoms with E-state index in [1.165, 1.54) is 0 Å². The van der Waals surface area contributed by atoms with Crippen LogP contribution >= 0.6 is 11.6 Å². The number of fused-ring (bicyclic) bond motifs is 2. The Balaban J connectivity index is 2.34. The first kappa shape index (κ1) is 8.36. The van der Waals surface area contributed by atoms with Gasteiger partial charge in [-0.1, -0.05) is 0 Å². The van der Waals surface area contributed by atoms with Gasteiger partial charge in [-0.25, -0.2) is 0 Å². The van der Waals surface area contributed by atoms with Gasteiger partial charge in [0.1, 0.15) is 5.60 Å². The molecule has 1 saturated carbocycles. The predicted octanol–water partition coefficient (Wildman–Crippen LogP) is 2.10. The summed E-state index contributed by atoms with van der Waals surface area (Å²) in [5.74, 6) is -0.0619. The van der Waals surface area contributed by atoms with Gasteiger partial charge in [-0.2, -0.15) is 0 Å². The quantitative estimate of drug-likeness (QED) is 0.430. The van der Waals surface area contributed by atoms with Crippen molar-refractivity contribution in [1.82, 2.24) is 0 Å². The second-order valence-corrected chi connectivity index (χ2v) is 4.97. The SMILES string of the molecule is C[C@]12CC[C@H](Cl)[C@](C)(C1)OC2=O. The minimum absolute atomic E-state index is 0.00275. The molecule has 0 amide bonds. The summed E-state index contributed by atoms with van der Waals surface area (Å²) in [6.07, 6.45) is 2.54. The van der Waals surface area contributed by atoms with Gasteiger partial charge in [-0.15, -0.1) is 11.6 Å². The third-order valence-electron chi connectivity index (χ3n) is 3.17. The molecule has 3 atom stereocenters. The first-order valence-electron chi connectivity index (χ1n) is 4.34. The molecule has 2 aliphatic rings. The molecule has 0 unspecified atom stereocenters. The molecule has 2 nitrogen and oxygen atoms in total. The van der Waals surface area contributed by atoms with Crippen LogP contribution in [0.2, 0.25) is 0 Å². The highest BCUT2D eigenvalue weighted by Gasteiger charge is 2.58. The number of rotatable bonds is 0. The van der Waals surface area contributed by atoms with Crippen LogP contribution in [0.4, 0.5) is 0 Å². The Morgan fingerprint density at radius 1 is 1.58 bits per heavy atom. The molecule has 0 radical (unpaired) electrons. The Kier molecular flexibility index (Phi) is 1.51. The summed E-state index contributed by atoms with van der Waals surface area (Å²) in [4.78, 5) is 11.4. The zero-order chi connectivity index (χ0) is 8.98. The fourth-order valence-electron chi connectivity index (χ4n) is 2.33. The van der Waals surface area contributed by atoms with Crippen LogP contribution in [-0.4, -0.2) is 16.9 Å². The predicted molar refractivity (Wildman–Crippen MR) is 46.1 cm³/mol. The molecule has 0 N–H and O–H groups in total. The van der Waals surface area contributed by atoms with Crippen molar-refractivity contribution in [2.24, 2.45) is 5.41 Å². The molecule has 2 rings (SSSR count). The molecule has 0 spiro atoms. The lowest BCUT2D eigenvalue weighted by atomic mass is 9.72. The van der Waals surface area contributed by atoms with Gasteiger partial charge in [-0.3, -0.25) is 4.79 Å². The second kappa shape index (κ2) is 2.16. The number of ether oxygens (including phenoxy) is 1. The number of halogens is 1. The van der Waals surface area contributed by atoms with Crippen molar-refractivity contribution in [1.29, 1.82) is 0 Å². The van der Waals surface area contributed by atoms with Crippen molar-refractivity contribution in [3.05, 3.63) is 0 Å². The summed E-state index contributed by atoms with van der Waals surface area (Å²) < 4.78 is 5.32. The molecule has 1 aliphatic carbocycles. The maximum atomic E-state index is 11.4. The fraction of sp³-hybridized carbons (Fsp3) is 0.889. The maximum Gasteiger partial charge on any atom is 0.312 e. The van der Waals surface area contributed by atoms with Crippen molar-refractivity contribution in [3.63, 3.8) is 0 Å². The lowest BCUT2D eigenvalue weighted by Gasteiger charge is -2.33. The molecular weight excluding hydrogens is 176 g/mol. The van der Waals surface area contributed by atoms with Crippen LogP contribution < -0.4 is 0 Å². The van der Waals surface area contributed by atoms with Crippen molar-refractivity contribution >= 4 is 17.6 Å². The Labute approximate surface area is 77.2 Å². The molecule has 1 aliphatic heterocycles. The molecule has 12 heavy (non-hydrogen) atoms. The number of alkyl halides is 1. The van der Waals surface area contributed by atoms with Crippen molar-refractivity contribution in [2.75, 3.05) is 0 Å². The van der Waals surface area contributed by atoms with Crippen LogP contribution in [0.3, 0.4) is 0 Å². The van der Waals surface area contributed by atoms with Crippen LogP contribution in [0, 0.1) is 5.41 Å².